The third-order valence-electron chi connectivity index (χ3n) is 9.37. The van der Waals surface area contributed by atoms with Gasteiger partial charge in [0.2, 0.25) is 5.91 Å². The second-order valence-electron chi connectivity index (χ2n) is 12.9. The lowest BCUT2D eigenvalue weighted by Gasteiger charge is -2.39. The molecule has 3 aromatic rings. The van der Waals surface area contributed by atoms with Gasteiger partial charge in [-0.3, -0.25) is 14.5 Å². The molecule has 254 valence electrons. The summed E-state index contributed by atoms with van der Waals surface area (Å²) in [6.45, 7) is 3.16. The van der Waals surface area contributed by atoms with Gasteiger partial charge < -0.3 is 29.5 Å². The fraction of sp³-hybridized carbons (Fsp3) is 0.447. The van der Waals surface area contributed by atoms with Crippen molar-refractivity contribution in [3.63, 3.8) is 0 Å². The van der Waals surface area contributed by atoms with Crippen molar-refractivity contribution < 1.29 is 33.7 Å². The van der Waals surface area contributed by atoms with E-state index in [1.165, 1.54) is 37.0 Å². The highest BCUT2D eigenvalue weighted by Crippen LogP contribution is 2.38. The summed E-state index contributed by atoms with van der Waals surface area (Å²) >= 11 is 0. The van der Waals surface area contributed by atoms with Crippen molar-refractivity contribution in [2.75, 3.05) is 19.6 Å². The fourth-order valence-corrected chi connectivity index (χ4v) is 6.65. The summed E-state index contributed by atoms with van der Waals surface area (Å²) in [5.41, 5.74) is 4.36. The highest BCUT2D eigenvalue weighted by atomic mass is 16.7. The average molecular weight is 656 g/mol. The van der Waals surface area contributed by atoms with E-state index in [0.717, 1.165) is 53.9 Å². The van der Waals surface area contributed by atoms with Gasteiger partial charge in [0.05, 0.1) is 31.8 Å². The molecule has 6 rings (SSSR count). The van der Waals surface area contributed by atoms with E-state index < -0.39 is 24.3 Å². The number of benzene rings is 3. The summed E-state index contributed by atoms with van der Waals surface area (Å²) < 4.78 is 18.3. The normalized spacial score (nSPS) is 23.8. The summed E-state index contributed by atoms with van der Waals surface area (Å²) in [6.07, 6.45) is 5.38. The number of nitrogens with zero attached hydrogens (tertiary/aromatic N) is 2. The molecule has 3 fully saturated rings. The van der Waals surface area contributed by atoms with E-state index in [-0.39, 0.29) is 44.3 Å². The predicted molar refractivity (Wildman–Crippen MR) is 178 cm³/mol. The van der Waals surface area contributed by atoms with Crippen LogP contribution in [-0.4, -0.2) is 64.6 Å². The molecule has 10 nitrogen and oxygen atoms in total. The van der Waals surface area contributed by atoms with E-state index in [9.17, 15) is 19.5 Å². The van der Waals surface area contributed by atoms with E-state index in [1.807, 2.05) is 78.9 Å². The maximum absolute atomic E-state index is 13.1. The quantitative estimate of drug-likeness (QED) is 0.274. The molecule has 0 aromatic heterocycles. The van der Waals surface area contributed by atoms with Gasteiger partial charge in [-0.2, -0.15) is 0 Å². The molecule has 48 heavy (non-hydrogen) atoms. The number of amides is 3. The second kappa shape index (κ2) is 16.3. The van der Waals surface area contributed by atoms with Crippen molar-refractivity contribution in [3.8, 4) is 0 Å². The Kier molecular flexibility index (Phi) is 11.5. The van der Waals surface area contributed by atoms with Crippen LogP contribution in [0.4, 0.5) is 4.79 Å². The molecule has 3 amide bonds. The number of hydrogen-bond donors (Lipinski definition) is 2. The van der Waals surface area contributed by atoms with Gasteiger partial charge in [-0.15, -0.1) is 0 Å². The number of carbonyl (C=O) groups excluding carboxylic acids is 3. The van der Waals surface area contributed by atoms with Crippen LogP contribution in [0.3, 0.4) is 0 Å². The third kappa shape index (κ3) is 8.87. The van der Waals surface area contributed by atoms with Gasteiger partial charge in [-0.1, -0.05) is 98.1 Å². The number of aliphatic hydroxyl groups is 1. The molecule has 0 radical (unpaired) electrons. The molecular weight excluding hydrogens is 610 g/mol. The van der Waals surface area contributed by atoms with Crippen LogP contribution in [0.2, 0.25) is 0 Å². The zero-order valence-corrected chi connectivity index (χ0v) is 27.3. The van der Waals surface area contributed by atoms with Crippen molar-refractivity contribution >= 4 is 17.9 Å². The van der Waals surface area contributed by atoms with E-state index >= 15 is 0 Å². The average Bonchev–Trinajstić information content (AvgIpc) is 3.36. The van der Waals surface area contributed by atoms with E-state index in [4.69, 9.17) is 14.2 Å². The lowest BCUT2D eigenvalue weighted by molar-refractivity contribution is -0.253. The lowest BCUT2D eigenvalue weighted by atomic mass is 9.99. The van der Waals surface area contributed by atoms with Gasteiger partial charge >= 0.3 is 6.09 Å². The Balaban J connectivity index is 1.08. The molecule has 3 aliphatic heterocycles. The Morgan fingerprint density at radius 3 is 2.19 bits per heavy atom. The smallest absolute Gasteiger partial charge is 0.408 e. The molecule has 3 aliphatic rings. The molecule has 0 bridgehead atoms. The minimum atomic E-state index is -0.960. The van der Waals surface area contributed by atoms with Crippen LogP contribution < -0.4 is 5.32 Å². The summed E-state index contributed by atoms with van der Waals surface area (Å²) in [7, 11) is 0. The Bertz CT molecular complexity index is 1510. The zero-order chi connectivity index (χ0) is 33.3. The molecule has 3 aromatic carbocycles. The van der Waals surface area contributed by atoms with Crippen molar-refractivity contribution in [2.45, 2.75) is 89.2 Å². The van der Waals surface area contributed by atoms with Gasteiger partial charge in [0, 0.05) is 18.5 Å². The summed E-state index contributed by atoms with van der Waals surface area (Å²) in [6, 6.07) is 23.8. The predicted octanol–water partition coefficient (Wildman–Crippen LogP) is 5.54. The van der Waals surface area contributed by atoms with Crippen molar-refractivity contribution in [1.82, 2.24) is 15.1 Å². The first-order valence-electron chi connectivity index (χ1n) is 17.1. The van der Waals surface area contributed by atoms with Crippen LogP contribution in [-0.2, 0) is 43.6 Å². The summed E-state index contributed by atoms with van der Waals surface area (Å²) in [4.78, 5) is 41.9. The first-order valence-corrected chi connectivity index (χ1v) is 17.1. The monoisotopic (exact) mass is 655 g/mol. The van der Waals surface area contributed by atoms with Crippen LogP contribution in [0.15, 0.2) is 78.9 Å². The number of imide groups is 1. The van der Waals surface area contributed by atoms with Crippen molar-refractivity contribution in [2.24, 2.45) is 0 Å². The van der Waals surface area contributed by atoms with Gasteiger partial charge in [0.25, 0.3) is 5.91 Å². The lowest BCUT2D eigenvalue weighted by Crippen LogP contribution is -2.41. The highest BCUT2D eigenvalue weighted by Gasteiger charge is 2.40. The van der Waals surface area contributed by atoms with Gasteiger partial charge in [0.1, 0.15) is 12.6 Å². The maximum atomic E-state index is 13.1. The molecule has 3 saturated heterocycles. The molecule has 1 unspecified atom stereocenters. The van der Waals surface area contributed by atoms with Gasteiger partial charge in [0.15, 0.2) is 6.29 Å². The maximum Gasteiger partial charge on any atom is 0.408 e. The third-order valence-corrected chi connectivity index (χ3v) is 9.37. The molecule has 0 saturated carbocycles. The van der Waals surface area contributed by atoms with Gasteiger partial charge in [-0.05, 0) is 48.2 Å². The fourth-order valence-electron chi connectivity index (χ4n) is 6.65. The number of ether oxygens (including phenoxy) is 3. The molecular formula is C38H45N3O7. The minimum Gasteiger partial charge on any atom is -0.445 e. The molecule has 2 N–H and O–H groups in total. The van der Waals surface area contributed by atoms with Crippen molar-refractivity contribution in [3.05, 3.63) is 107 Å². The first-order chi connectivity index (χ1) is 23.4. The molecule has 3 heterocycles. The Hall–Kier alpha value is -4.09. The Morgan fingerprint density at radius 1 is 0.812 bits per heavy atom. The second-order valence-corrected chi connectivity index (χ2v) is 12.9. The summed E-state index contributed by atoms with van der Waals surface area (Å²) in [5, 5.41) is 12.1. The number of carbonyl (C=O) groups is 3. The van der Waals surface area contributed by atoms with Crippen molar-refractivity contribution in [1.29, 1.82) is 0 Å². The Morgan fingerprint density at radius 2 is 1.48 bits per heavy atom. The largest absolute Gasteiger partial charge is 0.445 e. The van der Waals surface area contributed by atoms with Gasteiger partial charge in [-0.25, -0.2) is 4.79 Å². The Labute approximate surface area is 282 Å². The van der Waals surface area contributed by atoms with E-state index in [1.54, 1.807) is 0 Å². The topological polar surface area (TPSA) is 118 Å². The van der Waals surface area contributed by atoms with E-state index in [0.29, 0.717) is 0 Å². The van der Waals surface area contributed by atoms with Crippen LogP contribution in [0.5, 0.6) is 0 Å². The number of hydrogen-bond acceptors (Lipinski definition) is 8. The molecule has 0 spiro atoms. The highest BCUT2D eigenvalue weighted by molar-refractivity contribution is 6.06. The zero-order valence-electron chi connectivity index (χ0n) is 27.3. The number of alkyl carbamates (subject to hydrolysis) is 1. The number of nitrogens with one attached hydrogen (secondary N) is 1. The molecule has 10 heteroatoms. The SMILES string of the molecule is O=C(NC1CC(=O)N(Cc2ccc([C@H]3O[C@@H](CN4CCCCCCC4)C[C@@H](c4ccc(CO)cc4)O3)cc2)C1=O)OCc1ccccc1. The number of aliphatic hydroxyl groups excluding tert-OH is 1. The first kappa shape index (κ1) is 33.8. The van der Waals surface area contributed by atoms with Crippen LogP contribution in [0.25, 0.3) is 0 Å². The number of likely N-dealkylation sites (tertiary alicyclic amines) is 2. The van der Waals surface area contributed by atoms with E-state index in [2.05, 4.69) is 10.2 Å². The standard InChI is InChI=1S/C38H45N3O7/c42-25-28-13-15-30(16-14-28)34-21-32(24-40-19-7-2-1-3-8-20-40)47-37(48-34)31-17-11-27(12-18-31)23-41-35(43)22-33(36(41)44)39-38(45)46-26-29-9-5-4-6-10-29/h4-6,9-18,32-34,37,42H,1-3,7-8,19-26H2,(H,39,45)/t32-,33?,34+,37+/m1/s1. The molecule has 0 aliphatic carbocycles. The van der Waals surface area contributed by atoms with Crippen LogP contribution in [0, 0.1) is 0 Å². The minimum absolute atomic E-state index is 0.00540. The number of rotatable bonds is 10. The van der Waals surface area contributed by atoms with Crippen LogP contribution >= 0.6 is 0 Å². The van der Waals surface area contributed by atoms with Crippen LogP contribution in [0.1, 0.15) is 85.2 Å². The summed E-state index contributed by atoms with van der Waals surface area (Å²) in [5.74, 6) is -0.805. The molecule has 4 atom stereocenters.